The molecule has 0 heterocycles. The van der Waals surface area contributed by atoms with Gasteiger partial charge in [0, 0.05) is 19.6 Å². The standard InChI is InChI=1S/C10H22N2O2/c1-5-12(3)7-6-11-8-9(2)10(13)14-4/h9,11H,5-8H2,1-4H3. The summed E-state index contributed by atoms with van der Waals surface area (Å²) in [5.41, 5.74) is 0. The highest BCUT2D eigenvalue weighted by Crippen LogP contribution is 1.94. The lowest BCUT2D eigenvalue weighted by Crippen LogP contribution is -2.33. The van der Waals surface area contributed by atoms with Crippen LogP contribution in [0.5, 0.6) is 0 Å². The molecule has 4 heteroatoms. The Hall–Kier alpha value is -0.610. The quantitative estimate of drug-likeness (QED) is 0.477. The van der Waals surface area contributed by atoms with Crippen LogP contribution in [0.25, 0.3) is 0 Å². The number of methoxy groups -OCH3 is 1. The second-order valence-corrected chi connectivity index (χ2v) is 3.52. The Morgan fingerprint density at radius 2 is 2.21 bits per heavy atom. The molecule has 0 aromatic rings. The number of hydrogen-bond donors (Lipinski definition) is 1. The van der Waals surface area contributed by atoms with E-state index in [4.69, 9.17) is 0 Å². The maximum absolute atomic E-state index is 11.0. The molecule has 14 heavy (non-hydrogen) atoms. The van der Waals surface area contributed by atoms with Gasteiger partial charge in [-0.3, -0.25) is 4.79 Å². The number of esters is 1. The van der Waals surface area contributed by atoms with Gasteiger partial charge in [-0.05, 0) is 13.6 Å². The number of carbonyl (C=O) groups is 1. The maximum Gasteiger partial charge on any atom is 0.309 e. The average molecular weight is 202 g/mol. The molecule has 1 unspecified atom stereocenters. The SMILES string of the molecule is CCN(C)CCNCC(C)C(=O)OC. The van der Waals surface area contributed by atoms with Gasteiger partial charge in [-0.15, -0.1) is 0 Å². The normalized spacial score (nSPS) is 12.9. The highest BCUT2D eigenvalue weighted by molar-refractivity contribution is 5.71. The molecule has 0 aliphatic heterocycles. The van der Waals surface area contributed by atoms with Crippen molar-refractivity contribution in [3.63, 3.8) is 0 Å². The summed E-state index contributed by atoms with van der Waals surface area (Å²) in [4.78, 5) is 13.2. The molecule has 0 rings (SSSR count). The van der Waals surface area contributed by atoms with Crippen molar-refractivity contribution in [2.24, 2.45) is 5.92 Å². The van der Waals surface area contributed by atoms with Crippen LogP contribution in [0, 0.1) is 5.92 Å². The molecule has 0 saturated heterocycles. The Bertz CT molecular complexity index is 162. The first-order valence-electron chi connectivity index (χ1n) is 5.08. The summed E-state index contributed by atoms with van der Waals surface area (Å²) in [7, 11) is 3.50. The lowest BCUT2D eigenvalue weighted by Gasteiger charge is -2.15. The fraction of sp³-hybridized carbons (Fsp3) is 0.900. The van der Waals surface area contributed by atoms with Gasteiger partial charge >= 0.3 is 5.97 Å². The fourth-order valence-electron chi connectivity index (χ4n) is 1.03. The zero-order chi connectivity index (χ0) is 11.0. The molecule has 0 aromatic carbocycles. The van der Waals surface area contributed by atoms with Gasteiger partial charge < -0.3 is 15.0 Å². The zero-order valence-corrected chi connectivity index (χ0v) is 9.67. The van der Waals surface area contributed by atoms with Crippen LogP contribution in [0.3, 0.4) is 0 Å². The summed E-state index contributed by atoms with van der Waals surface area (Å²) < 4.78 is 4.62. The van der Waals surface area contributed by atoms with Crippen molar-refractivity contribution in [3.8, 4) is 0 Å². The first-order valence-corrected chi connectivity index (χ1v) is 5.08. The number of ether oxygens (including phenoxy) is 1. The van der Waals surface area contributed by atoms with Gasteiger partial charge in [0.15, 0.2) is 0 Å². The van der Waals surface area contributed by atoms with Crippen LogP contribution >= 0.6 is 0 Å². The largest absolute Gasteiger partial charge is 0.469 e. The summed E-state index contributed by atoms with van der Waals surface area (Å²) in [5, 5.41) is 3.22. The number of nitrogens with zero attached hydrogens (tertiary/aromatic N) is 1. The Kier molecular flexibility index (Phi) is 7.42. The second-order valence-electron chi connectivity index (χ2n) is 3.52. The minimum absolute atomic E-state index is 0.0630. The molecular formula is C10H22N2O2. The topological polar surface area (TPSA) is 41.6 Å². The van der Waals surface area contributed by atoms with Gasteiger partial charge in [-0.1, -0.05) is 13.8 Å². The zero-order valence-electron chi connectivity index (χ0n) is 9.67. The lowest BCUT2D eigenvalue weighted by molar-refractivity contribution is -0.144. The van der Waals surface area contributed by atoms with E-state index in [1.165, 1.54) is 7.11 Å². The molecule has 1 N–H and O–H groups in total. The van der Waals surface area contributed by atoms with Gasteiger partial charge in [0.2, 0.25) is 0 Å². The smallest absolute Gasteiger partial charge is 0.309 e. The van der Waals surface area contributed by atoms with E-state index in [9.17, 15) is 4.79 Å². The van der Waals surface area contributed by atoms with E-state index in [1.54, 1.807) is 0 Å². The molecule has 0 spiro atoms. The first kappa shape index (κ1) is 13.4. The minimum Gasteiger partial charge on any atom is -0.469 e. The summed E-state index contributed by atoms with van der Waals surface area (Å²) >= 11 is 0. The van der Waals surface area contributed by atoms with Crippen LogP contribution in [0.4, 0.5) is 0 Å². The third-order valence-electron chi connectivity index (χ3n) is 2.26. The van der Waals surface area contributed by atoms with Crippen LogP contribution in [0.1, 0.15) is 13.8 Å². The fourth-order valence-corrected chi connectivity index (χ4v) is 1.03. The lowest BCUT2D eigenvalue weighted by atomic mass is 10.2. The monoisotopic (exact) mass is 202 g/mol. The predicted molar refractivity (Wildman–Crippen MR) is 57.2 cm³/mol. The summed E-state index contributed by atoms with van der Waals surface area (Å²) in [6, 6.07) is 0. The summed E-state index contributed by atoms with van der Waals surface area (Å²) in [6.07, 6.45) is 0. The number of hydrogen-bond acceptors (Lipinski definition) is 4. The van der Waals surface area contributed by atoms with Crippen molar-refractivity contribution >= 4 is 5.97 Å². The van der Waals surface area contributed by atoms with Gasteiger partial charge in [0.25, 0.3) is 0 Å². The van der Waals surface area contributed by atoms with E-state index in [1.807, 2.05) is 6.92 Å². The van der Waals surface area contributed by atoms with Gasteiger partial charge in [-0.25, -0.2) is 0 Å². The van der Waals surface area contributed by atoms with Crippen LogP contribution in [0.2, 0.25) is 0 Å². The molecule has 0 fully saturated rings. The van der Waals surface area contributed by atoms with E-state index in [2.05, 4.69) is 28.9 Å². The average Bonchev–Trinajstić information content (AvgIpc) is 2.22. The molecule has 84 valence electrons. The van der Waals surface area contributed by atoms with Crippen molar-refractivity contribution in [1.29, 1.82) is 0 Å². The molecule has 0 aliphatic carbocycles. The molecule has 0 saturated carbocycles. The molecule has 4 nitrogen and oxygen atoms in total. The van der Waals surface area contributed by atoms with Gasteiger partial charge in [-0.2, -0.15) is 0 Å². The van der Waals surface area contributed by atoms with Crippen LogP contribution in [-0.4, -0.2) is 51.2 Å². The molecule has 0 radical (unpaired) electrons. The van der Waals surface area contributed by atoms with Crippen LogP contribution in [0.15, 0.2) is 0 Å². The number of rotatable bonds is 7. The maximum atomic E-state index is 11.0. The van der Waals surface area contributed by atoms with Crippen LogP contribution < -0.4 is 5.32 Å². The van der Waals surface area contributed by atoms with Crippen LogP contribution in [-0.2, 0) is 9.53 Å². The van der Waals surface area contributed by atoms with E-state index in [0.717, 1.165) is 19.6 Å². The Morgan fingerprint density at radius 3 is 2.71 bits per heavy atom. The van der Waals surface area contributed by atoms with Crippen molar-refractivity contribution < 1.29 is 9.53 Å². The molecular weight excluding hydrogens is 180 g/mol. The molecule has 1 atom stereocenters. The summed E-state index contributed by atoms with van der Waals surface area (Å²) in [6.45, 7) is 7.63. The van der Waals surface area contributed by atoms with E-state index < -0.39 is 0 Å². The van der Waals surface area contributed by atoms with Gasteiger partial charge in [0.1, 0.15) is 0 Å². The van der Waals surface area contributed by atoms with E-state index >= 15 is 0 Å². The number of likely N-dealkylation sites (N-methyl/N-ethyl adjacent to an activating group) is 1. The number of nitrogens with one attached hydrogen (secondary N) is 1. The summed E-state index contributed by atoms with van der Waals surface area (Å²) in [5.74, 6) is -0.215. The number of carbonyl (C=O) groups excluding carboxylic acids is 1. The minimum atomic E-state index is -0.152. The van der Waals surface area contributed by atoms with Crippen molar-refractivity contribution in [2.75, 3.05) is 40.3 Å². The molecule has 0 bridgehead atoms. The predicted octanol–water partition coefficient (Wildman–Crippen LogP) is 0.337. The Labute approximate surface area is 86.6 Å². The third-order valence-corrected chi connectivity index (χ3v) is 2.26. The first-order chi connectivity index (χ1) is 6.61. The van der Waals surface area contributed by atoms with Crippen molar-refractivity contribution in [3.05, 3.63) is 0 Å². The molecule has 0 amide bonds. The van der Waals surface area contributed by atoms with Crippen molar-refractivity contribution in [1.82, 2.24) is 10.2 Å². The third kappa shape index (κ3) is 5.94. The molecule has 0 aliphatic rings. The van der Waals surface area contributed by atoms with E-state index in [-0.39, 0.29) is 11.9 Å². The molecule has 0 aromatic heterocycles. The van der Waals surface area contributed by atoms with E-state index in [0.29, 0.717) is 6.54 Å². The Balaban J connectivity index is 3.40. The highest BCUT2D eigenvalue weighted by atomic mass is 16.5. The van der Waals surface area contributed by atoms with Gasteiger partial charge in [0.05, 0.1) is 13.0 Å². The highest BCUT2D eigenvalue weighted by Gasteiger charge is 2.11. The van der Waals surface area contributed by atoms with Crippen molar-refractivity contribution in [2.45, 2.75) is 13.8 Å². The Morgan fingerprint density at radius 1 is 1.57 bits per heavy atom. The second kappa shape index (κ2) is 7.76.